The largest absolute Gasteiger partial charge is 0.462 e. The SMILES string of the molecule is CCOC(=O)c1ccnc(-n2nc(C)c(NC3CCC(F)(F)CC3)c2C)c1. The molecule has 0 spiro atoms. The molecule has 1 N–H and O–H groups in total. The van der Waals surface area contributed by atoms with E-state index in [0.29, 0.717) is 30.8 Å². The molecule has 6 nitrogen and oxygen atoms in total. The van der Waals surface area contributed by atoms with Crippen LogP contribution < -0.4 is 5.32 Å². The second kappa shape index (κ2) is 7.62. The van der Waals surface area contributed by atoms with Crippen LogP contribution in [-0.4, -0.2) is 39.3 Å². The lowest BCUT2D eigenvalue weighted by molar-refractivity contribution is -0.0360. The van der Waals surface area contributed by atoms with Gasteiger partial charge in [-0.1, -0.05) is 0 Å². The van der Waals surface area contributed by atoms with Gasteiger partial charge in [-0.05, 0) is 45.7 Å². The summed E-state index contributed by atoms with van der Waals surface area (Å²) in [6, 6.07) is 3.22. The van der Waals surface area contributed by atoms with Crippen molar-refractivity contribution in [2.24, 2.45) is 0 Å². The monoisotopic (exact) mass is 378 g/mol. The Hall–Kier alpha value is -2.51. The van der Waals surface area contributed by atoms with E-state index in [1.54, 1.807) is 23.7 Å². The van der Waals surface area contributed by atoms with Crippen molar-refractivity contribution < 1.29 is 18.3 Å². The highest BCUT2D eigenvalue weighted by Gasteiger charge is 2.35. The minimum atomic E-state index is -2.55. The molecular formula is C19H24F2N4O2. The van der Waals surface area contributed by atoms with Crippen LogP contribution in [0.5, 0.6) is 0 Å². The number of hydrogen-bond acceptors (Lipinski definition) is 5. The number of carbonyl (C=O) groups excluding carboxylic acids is 1. The normalized spacial score (nSPS) is 16.9. The van der Waals surface area contributed by atoms with Gasteiger partial charge in [0.2, 0.25) is 5.92 Å². The summed E-state index contributed by atoms with van der Waals surface area (Å²) in [5.74, 6) is -2.46. The molecule has 0 saturated heterocycles. The van der Waals surface area contributed by atoms with Crippen LogP contribution in [0, 0.1) is 13.8 Å². The summed E-state index contributed by atoms with van der Waals surface area (Å²) >= 11 is 0. The van der Waals surface area contributed by atoms with E-state index in [2.05, 4.69) is 15.4 Å². The Kier molecular flexibility index (Phi) is 5.43. The molecule has 0 atom stereocenters. The average molecular weight is 378 g/mol. The van der Waals surface area contributed by atoms with E-state index in [9.17, 15) is 13.6 Å². The molecule has 1 aliphatic carbocycles. The molecule has 1 aliphatic rings. The first-order valence-electron chi connectivity index (χ1n) is 9.15. The zero-order chi connectivity index (χ0) is 19.6. The van der Waals surface area contributed by atoms with Gasteiger partial charge in [0.25, 0.3) is 0 Å². The van der Waals surface area contributed by atoms with E-state index in [1.807, 2.05) is 13.8 Å². The first-order valence-corrected chi connectivity index (χ1v) is 9.15. The third-order valence-corrected chi connectivity index (χ3v) is 4.83. The van der Waals surface area contributed by atoms with Crippen LogP contribution in [0.3, 0.4) is 0 Å². The fourth-order valence-corrected chi connectivity index (χ4v) is 3.34. The number of pyridine rings is 1. The number of nitrogens with zero attached hydrogens (tertiary/aromatic N) is 3. The summed E-state index contributed by atoms with van der Waals surface area (Å²) in [5, 5.41) is 7.88. The highest BCUT2D eigenvalue weighted by atomic mass is 19.3. The van der Waals surface area contributed by atoms with Gasteiger partial charge in [-0.15, -0.1) is 0 Å². The Morgan fingerprint density at radius 1 is 1.37 bits per heavy atom. The minimum Gasteiger partial charge on any atom is -0.462 e. The molecule has 0 radical (unpaired) electrons. The van der Waals surface area contributed by atoms with E-state index in [4.69, 9.17) is 4.74 Å². The van der Waals surface area contributed by atoms with Gasteiger partial charge in [-0.25, -0.2) is 23.2 Å². The molecule has 27 heavy (non-hydrogen) atoms. The van der Waals surface area contributed by atoms with Crippen LogP contribution >= 0.6 is 0 Å². The van der Waals surface area contributed by atoms with Crippen LogP contribution in [-0.2, 0) is 4.74 Å². The van der Waals surface area contributed by atoms with E-state index in [0.717, 1.165) is 17.1 Å². The van der Waals surface area contributed by atoms with Gasteiger partial charge < -0.3 is 10.1 Å². The summed E-state index contributed by atoms with van der Waals surface area (Å²) < 4.78 is 33.4. The minimum absolute atomic E-state index is 0.00139. The molecule has 0 bridgehead atoms. The predicted octanol–water partition coefficient (Wildman–Crippen LogP) is 4.05. The standard InChI is InChI=1S/C19H24F2N4O2/c1-4-27-18(26)14-7-10-22-16(11-14)25-13(3)17(12(2)24-25)23-15-5-8-19(20,21)9-6-15/h7,10-11,15,23H,4-6,8-9H2,1-3H3. The van der Waals surface area contributed by atoms with Crippen molar-refractivity contribution in [3.63, 3.8) is 0 Å². The third-order valence-electron chi connectivity index (χ3n) is 4.83. The van der Waals surface area contributed by atoms with E-state index in [-0.39, 0.29) is 18.9 Å². The third kappa shape index (κ3) is 4.26. The summed E-state index contributed by atoms with van der Waals surface area (Å²) in [6.45, 7) is 5.79. The van der Waals surface area contributed by atoms with Crippen molar-refractivity contribution in [2.75, 3.05) is 11.9 Å². The van der Waals surface area contributed by atoms with Crippen molar-refractivity contribution in [2.45, 2.75) is 58.4 Å². The van der Waals surface area contributed by atoms with Crippen molar-refractivity contribution in [3.8, 4) is 5.82 Å². The number of anilines is 1. The van der Waals surface area contributed by atoms with Crippen molar-refractivity contribution in [1.82, 2.24) is 14.8 Å². The smallest absolute Gasteiger partial charge is 0.338 e. The van der Waals surface area contributed by atoms with E-state index in [1.165, 1.54) is 6.20 Å². The lowest BCUT2D eigenvalue weighted by atomic mass is 9.92. The van der Waals surface area contributed by atoms with E-state index >= 15 is 0 Å². The van der Waals surface area contributed by atoms with Gasteiger partial charge >= 0.3 is 5.97 Å². The summed E-state index contributed by atoms with van der Waals surface area (Å²) in [7, 11) is 0. The zero-order valence-electron chi connectivity index (χ0n) is 15.8. The van der Waals surface area contributed by atoms with Crippen molar-refractivity contribution in [3.05, 3.63) is 35.3 Å². The molecule has 146 valence electrons. The fraction of sp³-hybridized carbons (Fsp3) is 0.526. The van der Waals surface area contributed by atoms with Gasteiger partial charge in [0.15, 0.2) is 5.82 Å². The molecule has 0 aromatic carbocycles. The summed E-state index contributed by atoms with van der Waals surface area (Å²) in [6.07, 6.45) is 2.19. The van der Waals surface area contributed by atoms with Crippen LogP contribution in [0.4, 0.5) is 14.5 Å². The van der Waals surface area contributed by atoms with Crippen LogP contribution in [0.2, 0.25) is 0 Å². The average Bonchev–Trinajstić information content (AvgIpc) is 2.92. The first-order chi connectivity index (χ1) is 12.8. The number of halogens is 2. The predicted molar refractivity (Wildman–Crippen MR) is 97.6 cm³/mol. The molecule has 0 aliphatic heterocycles. The molecule has 1 fully saturated rings. The number of ether oxygens (including phenoxy) is 1. The number of rotatable bonds is 5. The Morgan fingerprint density at radius 3 is 2.74 bits per heavy atom. The summed E-state index contributed by atoms with van der Waals surface area (Å²) in [4.78, 5) is 16.2. The molecule has 0 amide bonds. The number of esters is 1. The molecule has 1 saturated carbocycles. The number of aryl methyl sites for hydroxylation is 1. The highest BCUT2D eigenvalue weighted by Crippen LogP contribution is 2.35. The number of nitrogens with one attached hydrogen (secondary N) is 1. The molecule has 0 unspecified atom stereocenters. The number of aromatic nitrogens is 3. The maximum atomic E-state index is 13.4. The van der Waals surface area contributed by atoms with Gasteiger partial charge in [0, 0.05) is 25.1 Å². The van der Waals surface area contributed by atoms with Gasteiger partial charge in [0.1, 0.15) is 0 Å². The maximum absolute atomic E-state index is 13.4. The maximum Gasteiger partial charge on any atom is 0.338 e. The lowest BCUT2D eigenvalue weighted by Crippen LogP contribution is -2.32. The van der Waals surface area contributed by atoms with Crippen molar-refractivity contribution in [1.29, 1.82) is 0 Å². The van der Waals surface area contributed by atoms with Crippen LogP contribution in [0.15, 0.2) is 18.3 Å². The first kappa shape index (κ1) is 19.3. The molecule has 8 heteroatoms. The lowest BCUT2D eigenvalue weighted by Gasteiger charge is -2.29. The molecular weight excluding hydrogens is 354 g/mol. The van der Waals surface area contributed by atoms with Gasteiger partial charge in [0.05, 0.1) is 29.2 Å². The summed E-state index contributed by atoms with van der Waals surface area (Å²) in [5.41, 5.74) is 2.80. The highest BCUT2D eigenvalue weighted by molar-refractivity contribution is 5.89. The molecule has 3 rings (SSSR count). The van der Waals surface area contributed by atoms with Crippen LogP contribution in [0.1, 0.15) is 54.4 Å². The molecule has 2 aromatic rings. The second-order valence-corrected chi connectivity index (χ2v) is 6.86. The van der Waals surface area contributed by atoms with Gasteiger partial charge in [-0.3, -0.25) is 0 Å². The van der Waals surface area contributed by atoms with Crippen LogP contribution in [0.25, 0.3) is 5.82 Å². The van der Waals surface area contributed by atoms with E-state index < -0.39 is 11.9 Å². The number of carbonyl (C=O) groups is 1. The second-order valence-electron chi connectivity index (χ2n) is 6.86. The Labute approximate surface area is 156 Å². The molecule has 2 aromatic heterocycles. The quantitative estimate of drug-likeness (QED) is 0.795. The Morgan fingerprint density at radius 2 is 2.07 bits per heavy atom. The molecule has 2 heterocycles. The Bertz CT molecular complexity index is 825. The fourth-order valence-electron chi connectivity index (χ4n) is 3.34. The zero-order valence-corrected chi connectivity index (χ0v) is 15.8. The van der Waals surface area contributed by atoms with Crippen molar-refractivity contribution >= 4 is 11.7 Å². The topological polar surface area (TPSA) is 69.0 Å². The Balaban J connectivity index is 1.82. The van der Waals surface area contributed by atoms with Gasteiger partial charge in [-0.2, -0.15) is 5.10 Å². The number of alkyl halides is 2. The number of hydrogen-bond donors (Lipinski definition) is 1.